The van der Waals surface area contributed by atoms with Gasteiger partial charge in [-0.05, 0) is 25.0 Å². The molecule has 0 amide bonds. The van der Waals surface area contributed by atoms with Crippen LogP contribution in [0.15, 0.2) is 18.2 Å². The molecule has 2 unspecified atom stereocenters. The normalized spacial score (nSPS) is 29.0. The van der Waals surface area contributed by atoms with Gasteiger partial charge in [0.2, 0.25) is 5.95 Å². The number of anilines is 1. The summed E-state index contributed by atoms with van der Waals surface area (Å²) in [5, 5.41) is 13.1. The SMILES string of the molecule is CC1(CNc2cccc(F)n2)CCCCC1O. The van der Waals surface area contributed by atoms with Gasteiger partial charge in [-0.15, -0.1) is 0 Å². The van der Waals surface area contributed by atoms with Crippen molar-refractivity contribution in [2.45, 2.75) is 38.7 Å². The van der Waals surface area contributed by atoms with Crippen LogP contribution in [0.5, 0.6) is 0 Å². The van der Waals surface area contributed by atoms with Crippen molar-refractivity contribution in [3.8, 4) is 0 Å². The lowest BCUT2D eigenvalue weighted by atomic mass is 9.73. The molecule has 2 N–H and O–H groups in total. The highest BCUT2D eigenvalue weighted by Crippen LogP contribution is 2.36. The zero-order chi connectivity index (χ0) is 12.3. The molecule has 2 rings (SSSR count). The second kappa shape index (κ2) is 5.00. The molecule has 0 aliphatic heterocycles. The van der Waals surface area contributed by atoms with Crippen LogP contribution in [-0.2, 0) is 0 Å². The Kier molecular flexibility index (Phi) is 3.62. The average molecular weight is 238 g/mol. The van der Waals surface area contributed by atoms with E-state index in [1.54, 1.807) is 12.1 Å². The quantitative estimate of drug-likeness (QED) is 0.795. The molecule has 1 aromatic heterocycles. The van der Waals surface area contributed by atoms with Crippen molar-refractivity contribution in [1.29, 1.82) is 0 Å². The fourth-order valence-corrected chi connectivity index (χ4v) is 2.39. The van der Waals surface area contributed by atoms with Crippen LogP contribution in [0.4, 0.5) is 10.2 Å². The maximum Gasteiger partial charge on any atom is 0.214 e. The number of aromatic nitrogens is 1. The summed E-state index contributed by atoms with van der Waals surface area (Å²) >= 11 is 0. The third kappa shape index (κ3) is 2.94. The van der Waals surface area contributed by atoms with Crippen molar-refractivity contribution in [2.24, 2.45) is 5.41 Å². The Labute approximate surface area is 101 Å². The first-order valence-corrected chi connectivity index (χ1v) is 6.15. The molecule has 1 aromatic rings. The van der Waals surface area contributed by atoms with Gasteiger partial charge < -0.3 is 10.4 Å². The Balaban J connectivity index is 1.97. The highest BCUT2D eigenvalue weighted by atomic mass is 19.1. The maximum absolute atomic E-state index is 12.9. The fourth-order valence-electron chi connectivity index (χ4n) is 2.39. The van der Waals surface area contributed by atoms with E-state index in [0.29, 0.717) is 12.4 Å². The lowest BCUT2D eigenvalue weighted by Crippen LogP contribution is -2.41. The molecule has 1 fully saturated rings. The fraction of sp³-hybridized carbons (Fsp3) is 0.615. The Bertz CT molecular complexity index is 385. The number of pyridine rings is 1. The van der Waals surface area contributed by atoms with Gasteiger partial charge in [0.15, 0.2) is 0 Å². The summed E-state index contributed by atoms with van der Waals surface area (Å²) < 4.78 is 12.9. The molecule has 17 heavy (non-hydrogen) atoms. The van der Waals surface area contributed by atoms with Crippen molar-refractivity contribution in [3.05, 3.63) is 24.1 Å². The molecule has 1 saturated carbocycles. The minimum Gasteiger partial charge on any atom is -0.392 e. The predicted octanol–water partition coefficient (Wildman–Crippen LogP) is 2.57. The summed E-state index contributed by atoms with van der Waals surface area (Å²) in [4.78, 5) is 3.75. The van der Waals surface area contributed by atoms with E-state index in [1.807, 2.05) is 0 Å². The van der Waals surface area contributed by atoms with Crippen LogP contribution in [0.25, 0.3) is 0 Å². The smallest absolute Gasteiger partial charge is 0.214 e. The number of halogens is 1. The molecule has 0 bridgehead atoms. The number of hydrogen-bond donors (Lipinski definition) is 2. The summed E-state index contributed by atoms with van der Waals surface area (Å²) in [5.41, 5.74) is -0.133. The third-order valence-electron chi connectivity index (χ3n) is 3.67. The standard InChI is InChI=1S/C13H19FN2O/c1-13(8-3-2-5-10(13)17)9-15-12-7-4-6-11(14)16-12/h4,6-7,10,17H,2-3,5,8-9H2,1H3,(H,15,16). The number of hydrogen-bond acceptors (Lipinski definition) is 3. The number of nitrogens with one attached hydrogen (secondary N) is 1. The van der Waals surface area contributed by atoms with E-state index in [9.17, 15) is 9.50 Å². The van der Waals surface area contributed by atoms with Crippen LogP contribution in [0.3, 0.4) is 0 Å². The summed E-state index contributed by atoms with van der Waals surface area (Å²) in [5.74, 6) is 0.0494. The monoisotopic (exact) mass is 238 g/mol. The number of nitrogens with zero attached hydrogens (tertiary/aromatic N) is 1. The van der Waals surface area contributed by atoms with Crippen LogP contribution in [0.2, 0.25) is 0 Å². The minimum absolute atomic E-state index is 0.133. The van der Waals surface area contributed by atoms with E-state index in [4.69, 9.17) is 0 Å². The lowest BCUT2D eigenvalue weighted by molar-refractivity contribution is 0.00958. The van der Waals surface area contributed by atoms with Gasteiger partial charge in [-0.2, -0.15) is 4.39 Å². The molecule has 0 aromatic carbocycles. The van der Waals surface area contributed by atoms with E-state index in [0.717, 1.165) is 25.7 Å². The van der Waals surface area contributed by atoms with E-state index in [2.05, 4.69) is 17.2 Å². The van der Waals surface area contributed by atoms with Crippen LogP contribution in [-0.4, -0.2) is 22.7 Å². The number of aliphatic hydroxyl groups excluding tert-OH is 1. The van der Waals surface area contributed by atoms with Gasteiger partial charge in [-0.25, -0.2) is 4.98 Å². The highest BCUT2D eigenvalue weighted by molar-refractivity contribution is 5.33. The second-order valence-electron chi connectivity index (χ2n) is 5.11. The summed E-state index contributed by atoms with van der Waals surface area (Å²) in [7, 11) is 0. The largest absolute Gasteiger partial charge is 0.392 e. The van der Waals surface area contributed by atoms with Gasteiger partial charge in [-0.1, -0.05) is 25.8 Å². The molecular formula is C13H19FN2O. The molecule has 4 heteroatoms. The zero-order valence-electron chi connectivity index (χ0n) is 10.1. The van der Waals surface area contributed by atoms with Crippen molar-refractivity contribution >= 4 is 5.82 Å². The van der Waals surface area contributed by atoms with Crippen molar-refractivity contribution in [1.82, 2.24) is 4.98 Å². The van der Waals surface area contributed by atoms with Gasteiger partial charge in [0.1, 0.15) is 5.82 Å². The average Bonchev–Trinajstić information content (AvgIpc) is 2.31. The van der Waals surface area contributed by atoms with Crippen molar-refractivity contribution < 1.29 is 9.50 Å². The minimum atomic E-state index is -0.482. The molecular weight excluding hydrogens is 219 g/mol. The van der Waals surface area contributed by atoms with E-state index >= 15 is 0 Å². The topological polar surface area (TPSA) is 45.2 Å². The van der Waals surface area contributed by atoms with Gasteiger partial charge in [-0.3, -0.25) is 0 Å². The van der Waals surface area contributed by atoms with Gasteiger partial charge in [0, 0.05) is 12.0 Å². The Morgan fingerprint density at radius 3 is 3.06 bits per heavy atom. The first-order valence-electron chi connectivity index (χ1n) is 6.15. The Morgan fingerprint density at radius 2 is 2.35 bits per heavy atom. The Hall–Kier alpha value is -1.16. The summed E-state index contributed by atoms with van der Waals surface area (Å²) in [6, 6.07) is 4.69. The lowest BCUT2D eigenvalue weighted by Gasteiger charge is -2.38. The third-order valence-corrected chi connectivity index (χ3v) is 3.67. The van der Waals surface area contributed by atoms with Gasteiger partial charge in [0.25, 0.3) is 0 Å². The van der Waals surface area contributed by atoms with Crippen LogP contribution < -0.4 is 5.32 Å². The van der Waals surface area contributed by atoms with Gasteiger partial charge >= 0.3 is 0 Å². The molecule has 1 aliphatic carbocycles. The first kappa shape index (κ1) is 12.3. The van der Waals surface area contributed by atoms with Crippen LogP contribution >= 0.6 is 0 Å². The summed E-state index contributed by atoms with van der Waals surface area (Å²) in [6.45, 7) is 2.70. The van der Waals surface area contributed by atoms with Crippen molar-refractivity contribution in [3.63, 3.8) is 0 Å². The molecule has 1 aliphatic rings. The van der Waals surface area contributed by atoms with Crippen LogP contribution in [0, 0.1) is 11.4 Å². The molecule has 3 nitrogen and oxygen atoms in total. The molecule has 0 saturated heterocycles. The van der Waals surface area contributed by atoms with E-state index < -0.39 is 5.95 Å². The first-order chi connectivity index (χ1) is 8.10. The van der Waals surface area contributed by atoms with Gasteiger partial charge in [0.05, 0.1) is 6.10 Å². The molecule has 1 heterocycles. The molecule has 0 radical (unpaired) electrons. The second-order valence-corrected chi connectivity index (χ2v) is 5.11. The number of rotatable bonds is 3. The zero-order valence-corrected chi connectivity index (χ0v) is 10.1. The maximum atomic E-state index is 12.9. The Morgan fingerprint density at radius 1 is 1.53 bits per heavy atom. The predicted molar refractivity (Wildman–Crippen MR) is 65.3 cm³/mol. The number of aliphatic hydroxyl groups is 1. The molecule has 2 atom stereocenters. The van der Waals surface area contributed by atoms with E-state index in [1.165, 1.54) is 6.07 Å². The van der Waals surface area contributed by atoms with Crippen LogP contribution in [0.1, 0.15) is 32.6 Å². The molecule has 0 spiro atoms. The summed E-state index contributed by atoms with van der Waals surface area (Å²) in [6.07, 6.45) is 3.81. The van der Waals surface area contributed by atoms with Crippen molar-refractivity contribution in [2.75, 3.05) is 11.9 Å². The highest BCUT2D eigenvalue weighted by Gasteiger charge is 2.35. The molecule has 94 valence electrons. The van der Waals surface area contributed by atoms with E-state index in [-0.39, 0.29) is 11.5 Å².